The topological polar surface area (TPSA) is 97.0 Å². The van der Waals surface area contributed by atoms with E-state index in [1.165, 1.54) is 18.4 Å². The van der Waals surface area contributed by atoms with E-state index in [-0.39, 0.29) is 24.4 Å². The van der Waals surface area contributed by atoms with Crippen LogP contribution in [0.4, 0.5) is 0 Å². The lowest BCUT2D eigenvalue weighted by molar-refractivity contribution is 0.118. The first kappa shape index (κ1) is 15.2. The zero-order valence-corrected chi connectivity index (χ0v) is 11.7. The highest BCUT2D eigenvalue weighted by molar-refractivity contribution is 7.89. The van der Waals surface area contributed by atoms with Gasteiger partial charge in [0, 0.05) is 27.2 Å². The third-order valence-electron chi connectivity index (χ3n) is 2.71. The summed E-state index contributed by atoms with van der Waals surface area (Å²) in [6.07, 6.45) is 2.22. The van der Waals surface area contributed by atoms with Gasteiger partial charge < -0.3 is 15.8 Å². The normalized spacial score (nSPS) is 21.5. The van der Waals surface area contributed by atoms with Gasteiger partial charge in [-0.25, -0.2) is 12.7 Å². The number of nitrogens with zero attached hydrogens (tertiary/aromatic N) is 2. The van der Waals surface area contributed by atoms with Crippen LogP contribution in [0.15, 0.2) is 4.99 Å². The average Bonchev–Trinajstić information content (AvgIpc) is 2.78. The van der Waals surface area contributed by atoms with Crippen molar-refractivity contribution in [1.82, 2.24) is 9.62 Å². The number of sulfonamides is 1. The average molecular weight is 278 g/mol. The van der Waals surface area contributed by atoms with Gasteiger partial charge in [0.15, 0.2) is 5.96 Å². The van der Waals surface area contributed by atoms with E-state index in [1.807, 2.05) is 0 Å². The second-order valence-corrected chi connectivity index (χ2v) is 6.69. The highest BCUT2D eigenvalue weighted by Gasteiger charge is 2.15. The van der Waals surface area contributed by atoms with Gasteiger partial charge in [-0.15, -0.1) is 0 Å². The van der Waals surface area contributed by atoms with Gasteiger partial charge in [-0.2, -0.15) is 0 Å². The van der Waals surface area contributed by atoms with Gasteiger partial charge in [0.1, 0.15) is 0 Å². The van der Waals surface area contributed by atoms with Gasteiger partial charge in [0.25, 0.3) is 0 Å². The molecule has 1 aliphatic rings. The van der Waals surface area contributed by atoms with E-state index in [0.29, 0.717) is 6.54 Å². The van der Waals surface area contributed by atoms with Gasteiger partial charge in [-0.3, -0.25) is 4.99 Å². The molecule has 0 aromatic carbocycles. The first-order valence-electron chi connectivity index (χ1n) is 5.97. The van der Waals surface area contributed by atoms with Gasteiger partial charge in [0.05, 0.1) is 18.4 Å². The number of hydrogen-bond donors (Lipinski definition) is 2. The van der Waals surface area contributed by atoms with Crippen molar-refractivity contribution in [1.29, 1.82) is 0 Å². The lowest BCUT2D eigenvalue weighted by Crippen LogP contribution is -2.38. The number of nitrogens with two attached hydrogens (primary N) is 1. The maximum atomic E-state index is 11.5. The fraction of sp³-hybridized carbons (Fsp3) is 0.900. The molecule has 1 saturated heterocycles. The molecule has 1 atom stereocenters. The SMILES string of the molecule is CN(C)S(=O)(=O)CCNC(N)=NCC1CCCO1. The molecule has 106 valence electrons. The molecule has 3 N–H and O–H groups in total. The molecule has 0 saturated carbocycles. The molecule has 1 fully saturated rings. The lowest BCUT2D eigenvalue weighted by Gasteiger charge is -2.12. The van der Waals surface area contributed by atoms with Crippen LogP contribution >= 0.6 is 0 Å². The quantitative estimate of drug-likeness (QED) is 0.478. The Morgan fingerprint density at radius 3 is 2.83 bits per heavy atom. The summed E-state index contributed by atoms with van der Waals surface area (Å²) >= 11 is 0. The summed E-state index contributed by atoms with van der Waals surface area (Å²) in [4.78, 5) is 4.12. The van der Waals surface area contributed by atoms with Crippen molar-refractivity contribution in [3.8, 4) is 0 Å². The minimum atomic E-state index is -3.19. The highest BCUT2D eigenvalue weighted by atomic mass is 32.2. The van der Waals surface area contributed by atoms with Crippen LogP contribution in [-0.2, 0) is 14.8 Å². The minimum absolute atomic E-state index is 0.00382. The second kappa shape index (κ2) is 6.91. The molecule has 0 bridgehead atoms. The first-order chi connectivity index (χ1) is 8.42. The maximum Gasteiger partial charge on any atom is 0.215 e. The maximum absolute atomic E-state index is 11.5. The molecular formula is C10H22N4O3S. The Morgan fingerprint density at radius 1 is 1.56 bits per heavy atom. The number of aliphatic imine (C=N–C) groups is 1. The Bertz CT molecular complexity index is 375. The van der Waals surface area contributed by atoms with E-state index in [1.54, 1.807) is 0 Å². The van der Waals surface area contributed by atoms with Crippen molar-refractivity contribution < 1.29 is 13.2 Å². The molecule has 1 unspecified atom stereocenters. The summed E-state index contributed by atoms with van der Waals surface area (Å²) in [5.74, 6) is 0.260. The summed E-state index contributed by atoms with van der Waals surface area (Å²) < 4.78 is 29.5. The predicted molar refractivity (Wildman–Crippen MR) is 70.9 cm³/mol. The van der Waals surface area contributed by atoms with E-state index < -0.39 is 10.0 Å². The van der Waals surface area contributed by atoms with Crippen molar-refractivity contribution in [3.63, 3.8) is 0 Å². The summed E-state index contributed by atoms with van der Waals surface area (Å²) in [7, 11) is -0.181. The molecule has 1 rings (SSSR count). The standard InChI is InChI=1S/C10H22N4O3S/c1-14(2)18(15,16)7-5-12-10(11)13-8-9-4-3-6-17-9/h9H,3-8H2,1-2H3,(H3,11,12,13). The van der Waals surface area contributed by atoms with Crippen LogP contribution in [0.2, 0.25) is 0 Å². The van der Waals surface area contributed by atoms with Crippen LogP contribution in [0.1, 0.15) is 12.8 Å². The monoisotopic (exact) mass is 278 g/mol. The zero-order valence-electron chi connectivity index (χ0n) is 10.9. The van der Waals surface area contributed by atoms with Crippen molar-refractivity contribution in [2.45, 2.75) is 18.9 Å². The van der Waals surface area contributed by atoms with Gasteiger partial charge in [-0.05, 0) is 12.8 Å². The van der Waals surface area contributed by atoms with Crippen LogP contribution in [0.25, 0.3) is 0 Å². The van der Waals surface area contributed by atoms with Crippen molar-refractivity contribution in [2.24, 2.45) is 10.7 Å². The van der Waals surface area contributed by atoms with E-state index in [9.17, 15) is 8.42 Å². The van der Waals surface area contributed by atoms with Crippen LogP contribution in [0.3, 0.4) is 0 Å². The molecular weight excluding hydrogens is 256 g/mol. The third-order valence-corrected chi connectivity index (χ3v) is 4.54. The third kappa shape index (κ3) is 5.19. The Hall–Kier alpha value is -0.860. The lowest BCUT2D eigenvalue weighted by atomic mass is 10.2. The second-order valence-electron chi connectivity index (χ2n) is 4.39. The summed E-state index contributed by atoms with van der Waals surface area (Å²) in [6.45, 7) is 1.56. The van der Waals surface area contributed by atoms with Gasteiger partial charge >= 0.3 is 0 Å². The largest absolute Gasteiger partial charge is 0.376 e. The number of guanidine groups is 1. The number of rotatable bonds is 6. The first-order valence-corrected chi connectivity index (χ1v) is 7.58. The molecule has 18 heavy (non-hydrogen) atoms. The molecule has 0 aromatic rings. The Labute approximate surface area is 108 Å². The minimum Gasteiger partial charge on any atom is -0.376 e. The fourth-order valence-corrected chi connectivity index (χ4v) is 2.26. The number of ether oxygens (including phenoxy) is 1. The zero-order chi connectivity index (χ0) is 13.6. The van der Waals surface area contributed by atoms with E-state index in [4.69, 9.17) is 10.5 Å². The van der Waals surface area contributed by atoms with Crippen LogP contribution < -0.4 is 11.1 Å². The fourth-order valence-electron chi connectivity index (χ4n) is 1.54. The van der Waals surface area contributed by atoms with Crippen molar-refractivity contribution in [3.05, 3.63) is 0 Å². The summed E-state index contributed by atoms with van der Waals surface area (Å²) in [5, 5.41) is 2.78. The molecule has 0 amide bonds. The Kier molecular flexibility index (Phi) is 5.83. The van der Waals surface area contributed by atoms with E-state index in [2.05, 4.69) is 10.3 Å². The Balaban J connectivity index is 2.24. The van der Waals surface area contributed by atoms with Gasteiger partial charge in [-0.1, -0.05) is 0 Å². The number of nitrogens with one attached hydrogen (secondary N) is 1. The Morgan fingerprint density at radius 2 is 2.28 bits per heavy atom. The molecule has 0 spiro atoms. The van der Waals surface area contributed by atoms with Crippen molar-refractivity contribution in [2.75, 3.05) is 39.5 Å². The van der Waals surface area contributed by atoms with Crippen LogP contribution in [0, 0.1) is 0 Å². The highest BCUT2D eigenvalue weighted by Crippen LogP contribution is 2.11. The van der Waals surface area contributed by atoms with Crippen LogP contribution in [0.5, 0.6) is 0 Å². The molecule has 7 nitrogen and oxygen atoms in total. The van der Waals surface area contributed by atoms with Crippen LogP contribution in [-0.4, -0.2) is 64.3 Å². The number of hydrogen-bond acceptors (Lipinski definition) is 4. The van der Waals surface area contributed by atoms with Crippen molar-refractivity contribution >= 4 is 16.0 Å². The van der Waals surface area contributed by atoms with Gasteiger partial charge in [0.2, 0.25) is 10.0 Å². The summed E-state index contributed by atoms with van der Waals surface area (Å²) in [6, 6.07) is 0. The molecule has 0 aliphatic carbocycles. The molecule has 8 heteroatoms. The molecule has 0 radical (unpaired) electrons. The smallest absolute Gasteiger partial charge is 0.215 e. The molecule has 0 aromatic heterocycles. The molecule has 1 heterocycles. The molecule has 1 aliphatic heterocycles. The van der Waals surface area contributed by atoms with E-state index >= 15 is 0 Å². The summed E-state index contributed by atoms with van der Waals surface area (Å²) in [5.41, 5.74) is 5.63. The van der Waals surface area contributed by atoms with E-state index in [0.717, 1.165) is 19.4 Å². The predicted octanol–water partition coefficient (Wildman–Crippen LogP) is -1.04.